The van der Waals surface area contributed by atoms with Gasteiger partial charge in [0.05, 0.1) is 38.0 Å². The van der Waals surface area contributed by atoms with Gasteiger partial charge in [-0.2, -0.15) is 0 Å². The van der Waals surface area contributed by atoms with Crippen LogP contribution >= 0.6 is 0 Å². The van der Waals surface area contributed by atoms with Crippen LogP contribution in [-0.4, -0.2) is 71.9 Å². The first-order valence-electron chi connectivity index (χ1n) is 15.1. The highest BCUT2D eigenvalue weighted by molar-refractivity contribution is 6.71. The summed E-state index contributed by atoms with van der Waals surface area (Å²) in [6.07, 6.45) is 2.47. The topological polar surface area (TPSA) is 122 Å². The zero-order valence-corrected chi connectivity index (χ0v) is 26.5. The van der Waals surface area contributed by atoms with E-state index in [1.165, 1.54) is 11.7 Å². The molecule has 5 atom stereocenters. The molecule has 11 heteroatoms. The molecule has 3 aliphatic rings. The number of likely N-dealkylation sites (tertiary alicyclic amines) is 1. The molecule has 4 heterocycles. The molecule has 44 heavy (non-hydrogen) atoms. The highest BCUT2D eigenvalue weighted by Gasteiger charge is 2.67. The van der Waals surface area contributed by atoms with E-state index in [0.717, 1.165) is 12.8 Å². The third-order valence-corrected chi connectivity index (χ3v) is 12.1. The predicted octanol–water partition coefficient (Wildman–Crippen LogP) is 3.70. The van der Waals surface area contributed by atoms with Crippen LogP contribution in [0.15, 0.2) is 71.7 Å². The van der Waals surface area contributed by atoms with Crippen molar-refractivity contribution in [2.45, 2.75) is 62.6 Å². The number of hydrogen-bond donors (Lipinski definition) is 2. The van der Waals surface area contributed by atoms with E-state index in [4.69, 9.17) is 9.47 Å². The van der Waals surface area contributed by atoms with Crippen molar-refractivity contribution in [3.05, 3.63) is 82.8 Å². The summed E-state index contributed by atoms with van der Waals surface area (Å²) in [4.78, 5) is 56.6. The maximum Gasteiger partial charge on any atom is 0.297 e. The van der Waals surface area contributed by atoms with Gasteiger partial charge in [0.2, 0.25) is 5.91 Å². The van der Waals surface area contributed by atoms with Crippen LogP contribution in [0.3, 0.4) is 0 Å². The smallest absolute Gasteiger partial charge is 0.297 e. The number of aliphatic hydroxyl groups is 1. The van der Waals surface area contributed by atoms with Crippen molar-refractivity contribution in [2.75, 3.05) is 25.2 Å². The van der Waals surface area contributed by atoms with Crippen LogP contribution in [0.4, 0.5) is 11.4 Å². The first kappa shape index (κ1) is 30.3. The second kappa shape index (κ2) is 11.3. The van der Waals surface area contributed by atoms with E-state index in [0.29, 0.717) is 29.2 Å². The molecule has 6 rings (SSSR count). The minimum absolute atomic E-state index is 0.00672. The molecule has 2 saturated heterocycles. The Hall–Kier alpha value is -3.77. The number of carbonyl (C=O) groups excluding carboxylic acids is 2. The van der Waals surface area contributed by atoms with Crippen molar-refractivity contribution in [1.82, 2.24) is 9.47 Å². The maximum absolute atomic E-state index is 14.8. The van der Waals surface area contributed by atoms with Crippen molar-refractivity contribution in [3.63, 3.8) is 0 Å². The minimum Gasteiger partial charge on any atom is -0.491 e. The van der Waals surface area contributed by atoms with Crippen LogP contribution < -0.4 is 15.2 Å². The van der Waals surface area contributed by atoms with E-state index in [9.17, 15) is 24.3 Å². The zero-order valence-electron chi connectivity index (χ0n) is 25.5. The Labute approximate surface area is 257 Å². The van der Waals surface area contributed by atoms with Crippen molar-refractivity contribution in [2.24, 2.45) is 5.92 Å². The number of anilines is 2. The largest absolute Gasteiger partial charge is 0.491 e. The van der Waals surface area contributed by atoms with Gasteiger partial charge in [-0.1, -0.05) is 25.1 Å². The molecule has 2 N–H and O–H groups in total. The van der Waals surface area contributed by atoms with Crippen molar-refractivity contribution < 1.29 is 29.0 Å². The molecule has 232 valence electrons. The molecule has 1 spiro atoms. The SMILES string of the molecule is COc1cccn(-c2ccc3c(c2)[C@]2(O[C@@H](CC(=O)N4CCC[C@H]4CO)[C@H]([Si](C)(C)O)[C@H]2C)C(=O)N3c2ccccc2)c1=O. The van der Waals surface area contributed by atoms with Gasteiger partial charge in [-0.25, -0.2) is 0 Å². The average molecular weight is 618 g/mol. The highest BCUT2D eigenvalue weighted by atomic mass is 28.4. The number of rotatable bonds is 7. The summed E-state index contributed by atoms with van der Waals surface area (Å²) < 4.78 is 13.6. The number of aliphatic hydroxyl groups excluding tert-OH is 1. The predicted molar refractivity (Wildman–Crippen MR) is 168 cm³/mol. The molecule has 0 radical (unpaired) electrons. The molecule has 0 saturated carbocycles. The zero-order chi connectivity index (χ0) is 31.4. The molecular formula is C33H39N3O7Si. The Morgan fingerprint density at radius 1 is 1.09 bits per heavy atom. The number of para-hydroxylation sites is 1. The molecule has 2 aromatic carbocycles. The number of methoxy groups -OCH3 is 1. The number of pyridine rings is 1. The molecule has 2 amide bonds. The van der Waals surface area contributed by atoms with Gasteiger partial charge in [-0.05, 0) is 68.4 Å². The maximum atomic E-state index is 14.8. The molecule has 0 aliphatic carbocycles. The number of carbonyl (C=O) groups is 2. The van der Waals surface area contributed by atoms with Crippen LogP contribution in [-0.2, 0) is 19.9 Å². The summed E-state index contributed by atoms with van der Waals surface area (Å²) in [6.45, 7) is 6.02. The summed E-state index contributed by atoms with van der Waals surface area (Å²) >= 11 is 0. The number of nitrogens with zero attached hydrogens (tertiary/aromatic N) is 3. The van der Waals surface area contributed by atoms with Gasteiger partial charge in [0, 0.05) is 41.1 Å². The van der Waals surface area contributed by atoms with E-state index in [1.807, 2.05) is 62.5 Å². The Balaban J connectivity index is 1.50. The highest BCUT2D eigenvalue weighted by Crippen LogP contribution is 2.61. The van der Waals surface area contributed by atoms with Crippen LogP contribution in [0.1, 0.15) is 31.7 Å². The summed E-state index contributed by atoms with van der Waals surface area (Å²) in [5.41, 5.74) is 0.102. The van der Waals surface area contributed by atoms with E-state index in [-0.39, 0.29) is 42.2 Å². The quantitative estimate of drug-likeness (QED) is 0.388. The standard InChI is InChI=1S/C33H39N3O7Si/c1-21-30(44(3,4)41)28(19-29(38)34-16-8-12-24(34)20-37)43-33(21)25-18-23(35-17-9-13-27(42-2)31(35)39)14-15-26(25)36(32(33)40)22-10-6-5-7-11-22/h5-7,9-11,13-15,17-18,21,24,28,30,37,41H,8,12,16,19-20H2,1-4H3/t21-,24+,28+,30-,33+/m1/s1. The number of ether oxygens (including phenoxy) is 2. The Morgan fingerprint density at radius 3 is 2.52 bits per heavy atom. The van der Waals surface area contributed by atoms with Crippen LogP contribution in [0.2, 0.25) is 18.6 Å². The molecule has 3 aliphatic heterocycles. The molecule has 10 nitrogen and oxygen atoms in total. The lowest BCUT2D eigenvalue weighted by Gasteiger charge is -2.33. The lowest BCUT2D eigenvalue weighted by Crippen LogP contribution is -2.45. The van der Waals surface area contributed by atoms with Crippen LogP contribution in [0.25, 0.3) is 5.69 Å². The Kier molecular flexibility index (Phi) is 7.77. The lowest BCUT2D eigenvalue weighted by molar-refractivity contribution is -0.149. The van der Waals surface area contributed by atoms with Gasteiger partial charge in [-0.15, -0.1) is 0 Å². The van der Waals surface area contributed by atoms with Crippen LogP contribution in [0.5, 0.6) is 5.75 Å². The lowest BCUT2D eigenvalue weighted by atomic mass is 9.82. The molecule has 3 aromatic rings. The van der Waals surface area contributed by atoms with Gasteiger partial charge in [0.1, 0.15) is 0 Å². The fraction of sp³-hybridized carbons (Fsp3) is 0.424. The molecule has 0 unspecified atom stereocenters. The number of amides is 2. The van der Waals surface area contributed by atoms with E-state index >= 15 is 0 Å². The van der Waals surface area contributed by atoms with Crippen molar-refractivity contribution >= 4 is 31.5 Å². The van der Waals surface area contributed by atoms with Gasteiger partial charge in [0.15, 0.2) is 19.7 Å². The summed E-state index contributed by atoms with van der Waals surface area (Å²) in [5.74, 6) is -0.753. The molecule has 0 bridgehead atoms. The van der Waals surface area contributed by atoms with Gasteiger partial charge < -0.3 is 24.3 Å². The van der Waals surface area contributed by atoms with E-state index < -0.39 is 31.5 Å². The number of benzene rings is 2. The number of hydrogen-bond acceptors (Lipinski definition) is 7. The van der Waals surface area contributed by atoms with Crippen LogP contribution in [0, 0.1) is 5.92 Å². The summed E-state index contributed by atoms with van der Waals surface area (Å²) in [6, 6.07) is 17.8. The first-order valence-corrected chi connectivity index (χ1v) is 18.2. The number of fused-ring (bicyclic) bond motifs is 2. The minimum atomic E-state index is -3.01. The Bertz CT molecular complexity index is 1640. The Morgan fingerprint density at radius 2 is 1.84 bits per heavy atom. The van der Waals surface area contributed by atoms with Crippen molar-refractivity contribution in [3.8, 4) is 11.4 Å². The summed E-state index contributed by atoms with van der Waals surface area (Å²) in [5, 5.41) is 9.85. The summed E-state index contributed by atoms with van der Waals surface area (Å²) in [7, 11) is -1.57. The van der Waals surface area contributed by atoms with Gasteiger partial charge in [-0.3, -0.25) is 23.9 Å². The fourth-order valence-corrected chi connectivity index (χ4v) is 10.2. The third-order valence-electron chi connectivity index (χ3n) is 9.58. The van der Waals surface area contributed by atoms with E-state index in [2.05, 4.69) is 0 Å². The number of aromatic nitrogens is 1. The fourth-order valence-electron chi connectivity index (χ4n) is 7.65. The van der Waals surface area contributed by atoms with Gasteiger partial charge >= 0.3 is 0 Å². The molecule has 1 aromatic heterocycles. The normalized spacial score (nSPS) is 26.5. The van der Waals surface area contributed by atoms with E-state index in [1.54, 1.807) is 34.2 Å². The van der Waals surface area contributed by atoms with Crippen molar-refractivity contribution in [1.29, 1.82) is 0 Å². The van der Waals surface area contributed by atoms with Gasteiger partial charge in [0.25, 0.3) is 11.5 Å². The monoisotopic (exact) mass is 617 g/mol. The molecular weight excluding hydrogens is 578 g/mol. The second-order valence-corrected chi connectivity index (χ2v) is 16.5. The average Bonchev–Trinajstić information content (AvgIpc) is 3.67. The third kappa shape index (κ3) is 4.69. The molecule has 2 fully saturated rings. The first-order chi connectivity index (χ1) is 21.0. The second-order valence-electron chi connectivity index (χ2n) is 12.6.